The van der Waals surface area contributed by atoms with Gasteiger partial charge in [-0.05, 0) is 94.0 Å². The predicted octanol–water partition coefficient (Wildman–Crippen LogP) is 6.70. The van der Waals surface area contributed by atoms with E-state index in [0.717, 1.165) is 29.5 Å². The number of anilines is 1. The average molecular weight is 673 g/mol. The minimum Gasteiger partial charge on any atom is -0.475 e. The highest BCUT2D eigenvalue weighted by Crippen LogP contribution is 2.60. The number of amides is 1. The molecule has 13 heteroatoms. The number of hydrogen-bond acceptors (Lipinski definition) is 7. The molecule has 1 aromatic heterocycles. The molecule has 3 aliphatic rings. The van der Waals surface area contributed by atoms with Crippen LogP contribution in [-0.4, -0.2) is 67.8 Å². The molecule has 3 heterocycles. The fraction of sp³-hybridized carbons (Fsp3) is 0.500. The summed E-state index contributed by atoms with van der Waals surface area (Å²) in [5.41, 5.74) is 1.35. The lowest BCUT2D eigenvalue weighted by molar-refractivity contribution is -0.189. The summed E-state index contributed by atoms with van der Waals surface area (Å²) in [6.45, 7) is 5.19. The number of hydrogen-bond donors (Lipinski definition) is 1. The molecule has 0 unspecified atom stereocenters. The first-order chi connectivity index (χ1) is 22.3. The Morgan fingerprint density at radius 1 is 1.00 bits per heavy atom. The SMILES string of the molecule is Cc1cccc(C)c1-c1cc2nc(n1)NS(=O)(=O)c1cccc(c1)C(=O)N(CCC1CCOCC1)[C@H](CCC1(C(F)(F)F)CC1)CO2. The number of nitrogens with one attached hydrogen (secondary N) is 1. The summed E-state index contributed by atoms with van der Waals surface area (Å²) < 4.78 is 83.4. The van der Waals surface area contributed by atoms with E-state index in [0.29, 0.717) is 25.3 Å². The van der Waals surface area contributed by atoms with E-state index < -0.39 is 33.6 Å². The number of carbonyl (C=O) groups excluding carboxylic acids is 1. The van der Waals surface area contributed by atoms with Crippen molar-refractivity contribution in [2.75, 3.05) is 31.1 Å². The monoisotopic (exact) mass is 672 g/mol. The molecule has 2 fully saturated rings. The van der Waals surface area contributed by atoms with Crippen molar-refractivity contribution in [3.8, 4) is 17.1 Å². The molecule has 2 aliphatic heterocycles. The number of alkyl halides is 3. The van der Waals surface area contributed by atoms with Gasteiger partial charge in [0.05, 0.1) is 22.0 Å². The highest BCUT2D eigenvalue weighted by molar-refractivity contribution is 7.92. The summed E-state index contributed by atoms with van der Waals surface area (Å²) in [6.07, 6.45) is -2.05. The van der Waals surface area contributed by atoms with Crippen molar-refractivity contribution >= 4 is 21.9 Å². The predicted molar refractivity (Wildman–Crippen MR) is 170 cm³/mol. The zero-order chi connectivity index (χ0) is 33.4. The maximum absolute atomic E-state index is 14.2. The lowest BCUT2D eigenvalue weighted by Crippen LogP contribution is -2.45. The molecule has 3 aromatic rings. The van der Waals surface area contributed by atoms with E-state index >= 15 is 0 Å². The summed E-state index contributed by atoms with van der Waals surface area (Å²) in [7, 11) is -4.24. The molecule has 0 radical (unpaired) electrons. The molecule has 1 atom stereocenters. The maximum Gasteiger partial charge on any atom is 0.394 e. The summed E-state index contributed by atoms with van der Waals surface area (Å²) in [5, 5.41) is 0. The molecule has 4 bridgehead atoms. The lowest BCUT2D eigenvalue weighted by Gasteiger charge is -2.35. The van der Waals surface area contributed by atoms with Crippen LogP contribution in [0.4, 0.5) is 19.1 Å². The first-order valence-electron chi connectivity index (χ1n) is 16.0. The van der Waals surface area contributed by atoms with Crippen LogP contribution >= 0.6 is 0 Å². The zero-order valence-corrected chi connectivity index (χ0v) is 27.3. The van der Waals surface area contributed by atoms with Crippen molar-refractivity contribution in [1.82, 2.24) is 14.9 Å². The largest absolute Gasteiger partial charge is 0.475 e. The molecule has 1 saturated heterocycles. The highest BCUT2D eigenvalue weighted by atomic mass is 32.2. The first kappa shape index (κ1) is 33.2. The molecular formula is C34H39F3N4O5S. The number of sulfonamides is 1. The van der Waals surface area contributed by atoms with E-state index in [9.17, 15) is 26.4 Å². The van der Waals surface area contributed by atoms with Crippen molar-refractivity contribution in [1.29, 1.82) is 0 Å². The van der Waals surface area contributed by atoms with Gasteiger partial charge in [-0.3, -0.25) is 4.79 Å². The Bertz CT molecular complexity index is 1720. The van der Waals surface area contributed by atoms with Crippen LogP contribution in [0.2, 0.25) is 0 Å². The van der Waals surface area contributed by atoms with Crippen LogP contribution in [0, 0.1) is 25.2 Å². The van der Waals surface area contributed by atoms with Crippen LogP contribution in [0.3, 0.4) is 0 Å². The number of carbonyl (C=O) groups is 1. The van der Waals surface area contributed by atoms with Crippen LogP contribution in [-0.2, 0) is 14.8 Å². The number of benzene rings is 2. The van der Waals surface area contributed by atoms with Crippen molar-refractivity contribution in [2.45, 2.75) is 75.9 Å². The Morgan fingerprint density at radius 3 is 2.38 bits per heavy atom. The topological polar surface area (TPSA) is 111 Å². The van der Waals surface area contributed by atoms with Crippen molar-refractivity contribution in [3.05, 3.63) is 65.2 Å². The third kappa shape index (κ3) is 7.25. The van der Waals surface area contributed by atoms with Gasteiger partial charge < -0.3 is 14.4 Å². The molecule has 47 heavy (non-hydrogen) atoms. The van der Waals surface area contributed by atoms with Gasteiger partial charge in [-0.25, -0.2) is 18.1 Å². The van der Waals surface area contributed by atoms with E-state index in [1.807, 2.05) is 32.0 Å². The van der Waals surface area contributed by atoms with Gasteiger partial charge in [0, 0.05) is 37.0 Å². The van der Waals surface area contributed by atoms with Gasteiger partial charge in [0.15, 0.2) is 0 Å². The lowest BCUT2D eigenvalue weighted by atomic mass is 9.93. The highest BCUT2D eigenvalue weighted by Gasteiger charge is 2.62. The van der Waals surface area contributed by atoms with Gasteiger partial charge in [0.1, 0.15) is 6.61 Å². The van der Waals surface area contributed by atoms with Crippen LogP contribution in [0.25, 0.3) is 11.3 Å². The molecule has 1 saturated carbocycles. The van der Waals surface area contributed by atoms with Crippen molar-refractivity contribution < 1.29 is 35.9 Å². The average Bonchev–Trinajstić information content (AvgIpc) is 3.83. The smallest absolute Gasteiger partial charge is 0.394 e. The molecule has 1 amide bonds. The Kier molecular flexibility index (Phi) is 9.23. The van der Waals surface area contributed by atoms with Crippen LogP contribution in [0.15, 0.2) is 53.4 Å². The Labute approximate surface area is 272 Å². The third-order valence-electron chi connectivity index (χ3n) is 9.71. The fourth-order valence-corrected chi connectivity index (χ4v) is 7.61. The Hall–Kier alpha value is -3.71. The normalized spacial score (nSPS) is 21.1. The third-order valence-corrected chi connectivity index (χ3v) is 11.0. The van der Waals surface area contributed by atoms with Gasteiger partial charge in [0.25, 0.3) is 15.9 Å². The zero-order valence-electron chi connectivity index (χ0n) is 26.5. The summed E-state index contributed by atoms with van der Waals surface area (Å²) >= 11 is 0. The molecule has 1 aliphatic carbocycles. The second-order valence-corrected chi connectivity index (χ2v) is 14.6. The Balaban J connectivity index is 1.43. The number of ether oxygens (including phenoxy) is 2. The molecule has 2 aromatic carbocycles. The first-order valence-corrected chi connectivity index (χ1v) is 17.5. The number of halogens is 3. The van der Waals surface area contributed by atoms with Gasteiger partial charge in [0.2, 0.25) is 11.8 Å². The number of aromatic nitrogens is 2. The molecule has 6 rings (SSSR count). The molecule has 252 valence electrons. The van der Waals surface area contributed by atoms with Gasteiger partial charge in [-0.1, -0.05) is 24.3 Å². The van der Waals surface area contributed by atoms with Crippen molar-refractivity contribution in [2.24, 2.45) is 11.3 Å². The fourth-order valence-electron chi connectivity index (χ4n) is 6.62. The van der Waals surface area contributed by atoms with Gasteiger partial charge >= 0.3 is 6.18 Å². The van der Waals surface area contributed by atoms with Crippen molar-refractivity contribution in [3.63, 3.8) is 0 Å². The quantitative estimate of drug-likeness (QED) is 0.297. The van der Waals surface area contributed by atoms with E-state index in [4.69, 9.17) is 9.47 Å². The van der Waals surface area contributed by atoms with Crippen LogP contribution in [0.1, 0.15) is 66.4 Å². The van der Waals surface area contributed by atoms with E-state index in [-0.39, 0.29) is 67.0 Å². The standard InChI is InChI=1S/C34H39F3N4O5S/c1-22-5-3-6-23(2)30(22)28-20-29-39-32(38-28)40-47(43,44)27-8-4-7-25(19-27)31(42)41(16-10-24-11-17-45-18-12-24)26(21-46-29)9-13-33(14-15-33)34(35,36)37/h3-8,19-20,24,26H,9-18,21H2,1-2H3,(H,38,39,40)/t26-/m1/s1. The molecule has 0 spiro atoms. The minimum atomic E-state index is -4.34. The number of fused-ring (bicyclic) bond motifs is 4. The Morgan fingerprint density at radius 2 is 1.70 bits per heavy atom. The summed E-state index contributed by atoms with van der Waals surface area (Å²) in [4.78, 5) is 24.5. The van der Waals surface area contributed by atoms with Crippen LogP contribution in [0.5, 0.6) is 5.88 Å². The molecular weight excluding hydrogens is 633 g/mol. The maximum atomic E-state index is 14.2. The number of aryl methyl sites for hydroxylation is 2. The van der Waals surface area contributed by atoms with Gasteiger partial charge in [-0.2, -0.15) is 18.2 Å². The van der Waals surface area contributed by atoms with E-state index in [2.05, 4.69) is 14.7 Å². The summed E-state index contributed by atoms with van der Waals surface area (Å²) in [6, 6.07) is 12.2. The second-order valence-electron chi connectivity index (χ2n) is 12.9. The van der Waals surface area contributed by atoms with Crippen LogP contribution < -0.4 is 9.46 Å². The van der Waals surface area contributed by atoms with E-state index in [1.54, 1.807) is 11.0 Å². The second kappa shape index (κ2) is 13.1. The number of rotatable bonds is 7. The molecule has 9 nitrogen and oxygen atoms in total. The van der Waals surface area contributed by atoms with E-state index in [1.165, 1.54) is 24.3 Å². The number of nitrogens with zero attached hydrogens (tertiary/aromatic N) is 3. The van der Waals surface area contributed by atoms with Gasteiger partial charge in [-0.15, -0.1) is 0 Å². The minimum absolute atomic E-state index is 0.0418. The summed E-state index contributed by atoms with van der Waals surface area (Å²) in [5.74, 6) is -0.362. The molecule has 1 N–H and O–H groups in total.